The Morgan fingerprint density at radius 1 is 1.00 bits per heavy atom. The number of nitrogens with zero attached hydrogens (tertiary/aromatic N) is 2. The molecule has 0 atom stereocenters. The van der Waals surface area contributed by atoms with Gasteiger partial charge in [0, 0.05) is 30.1 Å². The summed E-state index contributed by atoms with van der Waals surface area (Å²) in [5.41, 5.74) is 3.10. The SMILES string of the molecule is CCC(=O)Nc1ccc(S(=O)(=O)Nc2ccccc2-c2cn3ccccc3n2)cc1. The molecule has 0 unspecified atom stereocenters. The number of carbonyl (C=O) groups is 1. The van der Waals surface area contributed by atoms with Crippen LogP contribution in [0.25, 0.3) is 16.9 Å². The molecule has 152 valence electrons. The number of rotatable bonds is 6. The summed E-state index contributed by atoms with van der Waals surface area (Å²) in [4.78, 5) is 16.2. The standard InChI is InChI=1S/C22H20N4O3S/c1-2-22(27)23-16-10-12-17(13-11-16)30(28,29)25-19-8-4-3-7-18(19)20-15-26-14-6-5-9-21(26)24-20/h3-15,25H,2H2,1H3,(H,23,27). The normalized spacial score (nSPS) is 11.4. The number of fused-ring (bicyclic) bond motifs is 1. The van der Waals surface area contributed by atoms with E-state index in [0.717, 1.165) is 5.65 Å². The van der Waals surface area contributed by atoms with Gasteiger partial charge in [-0.15, -0.1) is 0 Å². The number of imidazole rings is 1. The van der Waals surface area contributed by atoms with Gasteiger partial charge in [-0.05, 0) is 42.5 Å². The van der Waals surface area contributed by atoms with Crippen molar-refractivity contribution in [3.63, 3.8) is 0 Å². The lowest BCUT2D eigenvalue weighted by atomic mass is 10.1. The highest BCUT2D eigenvalue weighted by Gasteiger charge is 2.17. The van der Waals surface area contributed by atoms with E-state index in [-0.39, 0.29) is 10.8 Å². The Morgan fingerprint density at radius 3 is 2.47 bits per heavy atom. The van der Waals surface area contributed by atoms with Crippen molar-refractivity contribution in [3.05, 3.63) is 79.1 Å². The first-order chi connectivity index (χ1) is 14.5. The van der Waals surface area contributed by atoms with Gasteiger partial charge in [-0.25, -0.2) is 13.4 Å². The molecule has 2 heterocycles. The number of nitrogens with one attached hydrogen (secondary N) is 2. The first-order valence-corrected chi connectivity index (χ1v) is 10.9. The quantitative estimate of drug-likeness (QED) is 0.490. The van der Waals surface area contributed by atoms with E-state index >= 15 is 0 Å². The Balaban J connectivity index is 1.63. The van der Waals surface area contributed by atoms with Crippen LogP contribution in [-0.2, 0) is 14.8 Å². The van der Waals surface area contributed by atoms with Crippen LogP contribution in [0.15, 0.2) is 84.0 Å². The predicted octanol–water partition coefficient (Wildman–Crippen LogP) is 4.15. The maximum absolute atomic E-state index is 12.9. The summed E-state index contributed by atoms with van der Waals surface area (Å²) >= 11 is 0. The van der Waals surface area contributed by atoms with Gasteiger partial charge in [0.25, 0.3) is 10.0 Å². The van der Waals surface area contributed by atoms with Gasteiger partial charge in [0.1, 0.15) is 5.65 Å². The van der Waals surface area contributed by atoms with Gasteiger partial charge in [0.15, 0.2) is 0 Å². The van der Waals surface area contributed by atoms with Crippen LogP contribution in [0.4, 0.5) is 11.4 Å². The topological polar surface area (TPSA) is 92.6 Å². The zero-order valence-electron chi connectivity index (χ0n) is 16.2. The van der Waals surface area contributed by atoms with Gasteiger partial charge in [-0.3, -0.25) is 9.52 Å². The predicted molar refractivity (Wildman–Crippen MR) is 117 cm³/mol. The molecule has 4 rings (SSSR count). The summed E-state index contributed by atoms with van der Waals surface area (Å²) in [6.07, 6.45) is 4.09. The molecule has 0 aliphatic heterocycles. The van der Waals surface area contributed by atoms with Gasteiger partial charge >= 0.3 is 0 Å². The van der Waals surface area contributed by atoms with E-state index in [0.29, 0.717) is 29.1 Å². The zero-order valence-corrected chi connectivity index (χ0v) is 17.1. The molecule has 7 nitrogen and oxygen atoms in total. The molecule has 30 heavy (non-hydrogen) atoms. The maximum atomic E-state index is 12.9. The third-order valence-corrected chi connectivity index (χ3v) is 5.96. The molecule has 2 aromatic heterocycles. The number of hydrogen-bond donors (Lipinski definition) is 2. The Hall–Kier alpha value is -3.65. The number of anilines is 2. The first kappa shape index (κ1) is 19.7. The van der Waals surface area contributed by atoms with E-state index in [4.69, 9.17) is 0 Å². The largest absolute Gasteiger partial charge is 0.326 e. The van der Waals surface area contributed by atoms with Crippen LogP contribution in [-0.4, -0.2) is 23.7 Å². The second-order valence-corrected chi connectivity index (χ2v) is 8.35. The van der Waals surface area contributed by atoms with E-state index in [1.807, 2.05) is 47.1 Å². The number of amides is 1. The van der Waals surface area contributed by atoms with E-state index in [1.54, 1.807) is 31.2 Å². The molecule has 0 spiro atoms. The summed E-state index contributed by atoms with van der Waals surface area (Å²) in [5, 5.41) is 2.70. The van der Waals surface area contributed by atoms with Crippen molar-refractivity contribution in [2.45, 2.75) is 18.2 Å². The second kappa shape index (κ2) is 8.00. The lowest BCUT2D eigenvalue weighted by molar-refractivity contribution is -0.115. The fraction of sp³-hybridized carbons (Fsp3) is 0.0909. The zero-order chi connectivity index (χ0) is 21.1. The van der Waals surface area contributed by atoms with Gasteiger partial charge in [0.2, 0.25) is 5.91 Å². The molecule has 1 amide bonds. The third-order valence-electron chi connectivity index (χ3n) is 4.58. The minimum atomic E-state index is -3.82. The molecule has 4 aromatic rings. The fourth-order valence-corrected chi connectivity index (χ4v) is 4.11. The molecule has 2 N–H and O–H groups in total. The number of pyridine rings is 1. The van der Waals surface area contributed by atoms with Gasteiger partial charge < -0.3 is 9.72 Å². The highest BCUT2D eigenvalue weighted by atomic mass is 32.2. The monoisotopic (exact) mass is 420 g/mol. The number of benzene rings is 2. The highest BCUT2D eigenvalue weighted by Crippen LogP contribution is 2.29. The molecule has 0 aliphatic rings. The average molecular weight is 420 g/mol. The molecular formula is C22H20N4O3S. The summed E-state index contributed by atoms with van der Waals surface area (Å²) < 4.78 is 30.4. The lowest BCUT2D eigenvalue weighted by Crippen LogP contribution is -2.14. The molecule has 0 saturated heterocycles. The number of para-hydroxylation sites is 1. The Bertz CT molecular complexity index is 1280. The summed E-state index contributed by atoms with van der Waals surface area (Å²) in [6.45, 7) is 1.75. The molecule has 0 fully saturated rings. The van der Waals surface area contributed by atoms with E-state index in [9.17, 15) is 13.2 Å². The van der Waals surface area contributed by atoms with Crippen LogP contribution >= 0.6 is 0 Å². The first-order valence-electron chi connectivity index (χ1n) is 9.42. The molecule has 0 radical (unpaired) electrons. The minimum Gasteiger partial charge on any atom is -0.326 e. The molecule has 0 bridgehead atoms. The highest BCUT2D eigenvalue weighted by molar-refractivity contribution is 7.92. The maximum Gasteiger partial charge on any atom is 0.261 e. The van der Waals surface area contributed by atoms with Gasteiger partial charge in [-0.2, -0.15) is 0 Å². The van der Waals surface area contributed by atoms with Gasteiger partial charge in [-0.1, -0.05) is 31.2 Å². The van der Waals surface area contributed by atoms with Crippen LogP contribution < -0.4 is 10.0 Å². The van der Waals surface area contributed by atoms with Crippen molar-refractivity contribution in [2.75, 3.05) is 10.0 Å². The van der Waals surface area contributed by atoms with Crippen molar-refractivity contribution in [1.29, 1.82) is 0 Å². The number of aromatic nitrogens is 2. The smallest absolute Gasteiger partial charge is 0.261 e. The summed E-state index contributed by atoms with van der Waals surface area (Å²) in [7, 11) is -3.82. The molecule has 2 aromatic carbocycles. The fourth-order valence-electron chi connectivity index (χ4n) is 3.03. The molecule has 0 aliphatic carbocycles. The van der Waals surface area contributed by atoms with Crippen LogP contribution in [0.5, 0.6) is 0 Å². The van der Waals surface area contributed by atoms with E-state index in [2.05, 4.69) is 15.0 Å². The summed E-state index contributed by atoms with van der Waals surface area (Å²) in [5.74, 6) is -0.134. The van der Waals surface area contributed by atoms with Crippen LogP contribution in [0.3, 0.4) is 0 Å². The average Bonchev–Trinajstić information content (AvgIpc) is 3.18. The Morgan fingerprint density at radius 2 is 1.73 bits per heavy atom. The van der Waals surface area contributed by atoms with Crippen molar-refractivity contribution in [2.24, 2.45) is 0 Å². The van der Waals surface area contributed by atoms with Crippen molar-refractivity contribution < 1.29 is 13.2 Å². The van der Waals surface area contributed by atoms with Crippen molar-refractivity contribution in [1.82, 2.24) is 9.38 Å². The van der Waals surface area contributed by atoms with Gasteiger partial charge in [0.05, 0.1) is 16.3 Å². The molecule has 0 saturated carbocycles. The lowest BCUT2D eigenvalue weighted by Gasteiger charge is -2.12. The number of carbonyl (C=O) groups excluding carboxylic acids is 1. The summed E-state index contributed by atoms with van der Waals surface area (Å²) in [6, 6.07) is 18.9. The van der Waals surface area contributed by atoms with Crippen molar-refractivity contribution >= 4 is 33.0 Å². The number of hydrogen-bond acceptors (Lipinski definition) is 4. The van der Waals surface area contributed by atoms with Crippen LogP contribution in [0.2, 0.25) is 0 Å². The Labute approximate surface area is 174 Å². The van der Waals surface area contributed by atoms with Crippen molar-refractivity contribution in [3.8, 4) is 11.3 Å². The van der Waals surface area contributed by atoms with E-state index < -0.39 is 10.0 Å². The molecule has 8 heteroatoms. The second-order valence-electron chi connectivity index (χ2n) is 6.67. The number of sulfonamides is 1. The minimum absolute atomic E-state index is 0.0989. The van der Waals surface area contributed by atoms with E-state index in [1.165, 1.54) is 12.1 Å². The van der Waals surface area contributed by atoms with Crippen LogP contribution in [0.1, 0.15) is 13.3 Å². The molecular weight excluding hydrogens is 400 g/mol. The van der Waals surface area contributed by atoms with Crippen LogP contribution in [0, 0.1) is 0 Å². The Kier molecular flexibility index (Phi) is 5.24. The third kappa shape index (κ3) is 4.04.